The second-order valence-corrected chi connectivity index (χ2v) is 16.2. The lowest BCUT2D eigenvalue weighted by atomic mass is 9.99. The molecule has 54 heavy (non-hydrogen) atoms. The van der Waals surface area contributed by atoms with Crippen LogP contribution in [0.1, 0.15) is 213 Å². The number of hydrogen-bond donors (Lipinski definition) is 6. The van der Waals surface area contributed by atoms with E-state index in [-0.39, 0.29) is 12.5 Å². The van der Waals surface area contributed by atoms with Crippen molar-refractivity contribution in [3.8, 4) is 0 Å². The van der Waals surface area contributed by atoms with Gasteiger partial charge in [0, 0.05) is 6.42 Å². The first-order valence-corrected chi connectivity index (χ1v) is 22.9. The van der Waals surface area contributed by atoms with Crippen LogP contribution in [0.15, 0.2) is 12.2 Å². The summed E-state index contributed by atoms with van der Waals surface area (Å²) in [4.78, 5) is 12.9. The minimum atomic E-state index is -1.56. The van der Waals surface area contributed by atoms with Crippen LogP contribution in [0.5, 0.6) is 0 Å². The molecule has 0 radical (unpaired) electrons. The monoisotopic (exact) mass is 770 g/mol. The van der Waals surface area contributed by atoms with E-state index in [0.29, 0.717) is 6.42 Å². The van der Waals surface area contributed by atoms with E-state index in [1.54, 1.807) is 6.08 Å². The van der Waals surface area contributed by atoms with E-state index in [9.17, 15) is 30.3 Å². The molecule has 1 amide bonds. The molecule has 0 aromatic carbocycles. The van der Waals surface area contributed by atoms with Gasteiger partial charge in [-0.05, 0) is 19.3 Å². The van der Waals surface area contributed by atoms with Crippen molar-refractivity contribution in [2.45, 2.75) is 256 Å². The number of hydrogen-bond acceptors (Lipinski definition) is 8. The van der Waals surface area contributed by atoms with Gasteiger partial charge in [0.2, 0.25) is 5.91 Å². The summed E-state index contributed by atoms with van der Waals surface area (Å²) in [7, 11) is 0. The third-order valence-electron chi connectivity index (χ3n) is 11.1. The molecule has 1 rings (SSSR count). The fraction of sp³-hybridized carbons (Fsp3) is 0.933. The standard InChI is InChI=1S/C45H87NO8/c1-3-5-7-9-11-13-15-17-18-19-20-21-23-25-27-29-31-33-35-41(49)46-38(37-53-45-44(52)43(51)42(50)40(36-47)54-45)39(48)34-32-30-28-26-24-22-16-14-12-10-8-6-4-2/h32,34,38-40,42-45,47-48,50-52H,3-31,33,35-37H2,1-2H3,(H,46,49)/b34-32+/t38-,39+,40+,42+,43?,44?,45+/m0/s1. The molecule has 9 nitrogen and oxygen atoms in total. The van der Waals surface area contributed by atoms with Crippen molar-refractivity contribution < 1.29 is 39.8 Å². The van der Waals surface area contributed by atoms with E-state index in [1.807, 2.05) is 6.08 Å². The Kier molecular flexibility index (Phi) is 34.2. The highest BCUT2D eigenvalue weighted by molar-refractivity contribution is 5.76. The van der Waals surface area contributed by atoms with Crippen molar-refractivity contribution in [3.05, 3.63) is 12.2 Å². The van der Waals surface area contributed by atoms with Crippen LogP contribution in [0.2, 0.25) is 0 Å². The number of allylic oxidation sites excluding steroid dienone is 1. The van der Waals surface area contributed by atoms with Crippen LogP contribution in [0.25, 0.3) is 0 Å². The molecule has 0 saturated carbocycles. The number of ether oxygens (including phenoxy) is 2. The Bertz CT molecular complexity index is 858. The maximum absolute atomic E-state index is 12.9. The Hall–Kier alpha value is -1.07. The van der Waals surface area contributed by atoms with Gasteiger partial charge in [0.05, 0.1) is 25.4 Å². The third kappa shape index (κ3) is 26.7. The van der Waals surface area contributed by atoms with Crippen molar-refractivity contribution >= 4 is 5.91 Å². The summed E-state index contributed by atoms with van der Waals surface area (Å²) in [5.41, 5.74) is 0. The molecule has 0 aliphatic carbocycles. The number of aliphatic hydroxyl groups is 5. The van der Waals surface area contributed by atoms with E-state index < -0.39 is 49.5 Å². The average Bonchev–Trinajstić information content (AvgIpc) is 3.17. The summed E-state index contributed by atoms with van der Waals surface area (Å²) in [5, 5.41) is 54.1. The molecule has 7 atom stereocenters. The number of carbonyl (C=O) groups is 1. The number of carbonyl (C=O) groups excluding carboxylic acids is 1. The zero-order chi connectivity index (χ0) is 39.5. The molecule has 0 spiro atoms. The normalized spacial score (nSPS) is 21.5. The Morgan fingerprint density at radius 1 is 0.611 bits per heavy atom. The Labute approximate surface area is 331 Å². The maximum atomic E-state index is 12.9. The van der Waals surface area contributed by atoms with E-state index in [0.717, 1.165) is 38.5 Å². The number of nitrogens with one attached hydrogen (secondary N) is 1. The van der Waals surface area contributed by atoms with Gasteiger partial charge in [0.25, 0.3) is 0 Å². The molecule has 0 aromatic rings. The fourth-order valence-corrected chi connectivity index (χ4v) is 7.39. The van der Waals surface area contributed by atoms with Crippen LogP contribution in [0, 0.1) is 0 Å². The van der Waals surface area contributed by atoms with Gasteiger partial charge in [0.1, 0.15) is 24.4 Å². The maximum Gasteiger partial charge on any atom is 0.220 e. The largest absolute Gasteiger partial charge is 0.394 e. The van der Waals surface area contributed by atoms with Gasteiger partial charge in [-0.1, -0.05) is 199 Å². The molecule has 1 aliphatic rings. The van der Waals surface area contributed by atoms with Crippen LogP contribution in [-0.2, 0) is 14.3 Å². The first kappa shape index (κ1) is 50.9. The smallest absolute Gasteiger partial charge is 0.220 e. The van der Waals surface area contributed by atoms with Crippen LogP contribution >= 0.6 is 0 Å². The van der Waals surface area contributed by atoms with Crippen molar-refractivity contribution in [2.75, 3.05) is 13.2 Å². The third-order valence-corrected chi connectivity index (χ3v) is 11.1. The van der Waals surface area contributed by atoms with Crippen molar-refractivity contribution in [2.24, 2.45) is 0 Å². The summed E-state index contributed by atoms with van der Waals surface area (Å²) in [5.74, 6) is -0.174. The molecule has 1 aliphatic heterocycles. The zero-order valence-corrected chi connectivity index (χ0v) is 35.0. The highest BCUT2D eigenvalue weighted by Gasteiger charge is 2.44. The predicted octanol–water partition coefficient (Wildman–Crippen LogP) is 9.34. The molecule has 0 aromatic heterocycles. The molecule has 9 heteroatoms. The first-order valence-electron chi connectivity index (χ1n) is 22.9. The Morgan fingerprint density at radius 3 is 1.44 bits per heavy atom. The zero-order valence-electron chi connectivity index (χ0n) is 35.0. The van der Waals surface area contributed by atoms with Crippen molar-refractivity contribution in [1.29, 1.82) is 0 Å². The lowest BCUT2D eigenvalue weighted by Gasteiger charge is -2.40. The number of unbranched alkanes of at least 4 members (excludes halogenated alkanes) is 28. The summed E-state index contributed by atoms with van der Waals surface area (Å²) in [6, 6.07) is -0.797. The number of amides is 1. The molecule has 320 valence electrons. The van der Waals surface area contributed by atoms with E-state index in [1.165, 1.54) is 154 Å². The van der Waals surface area contributed by atoms with Gasteiger partial charge in [-0.25, -0.2) is 0 Å². The average molecular weight is 770 g/mol. The minimum absolute atomic E-state index is 0.174. The SMILES string of the molecule is CCCCCCCCCCCCC/C=C/[C@@H](O)[C@H](CO[C@@H]1O[C@H](CO)[C@@H](O)C(O)C1O)NC(=O)CCCCCCCCCCCCCCCCCCCC. The second-order valence-electron chi connectivity index (χ2n) is 16.2. The summed E-state index contributed by atoms with van der Waals surface area (Å²) < 4.78 is 11.2. The summed E-state index contributed by atoms with van der Waals surface area (Å²) >= 11 is 0. The van der Waals surface area contributed by atoms with Crippen molar-refractivity contribution in [1.82, 2.24) is 5.32 Å². The molecule has 2 unspecified atom stereocenters. The molecular formula is C45H87NO8. The van der Waals surface area contributed by atoms with Gasteiger partial charge in [0.15, 0.2) is 6.29 Å². The van der Waals surface area contributed by atoms with Gasteiger partial charge in [-0.2, -0.15) is 0 Å². The van der Waals surface area contributed by atoms with Gasteiger partial charge in [-0.3, -0.25) is 4.79 Å². The van der Waals surface area contributed by atoms with Crippen LogP contribution in [0.4, 0.5) is 0 Å². The van der Waals surface area contributed by atoms with Gasteiger partial charge in [-0.15, -0.1) is 0 Å². The van der Waals surface area contributed by atoms with E-state index in [4.69, 9.17) is 9.47 Å². The van der Waals surface area contributed by atoms with E-state index in [2.05, 4.69) is 19.2 Å². The van der Waals surface area contributed by atoms with Gasteiger partial charge < -0.3 is 40.3 Å². The quantitative estimate of drug-likeness (QED) is 0.0269. The summed E-state index contributed by atoms with van der Waals surface area (Å²) in [6.07, 6.45) is 33.9. The molecule has 0 bridgehead atoms. The minimum Gasteiger partial charge on any atom is -0.394 e. The molecule has 6 N–H and O–H groups in total. The van der Waals surface area contributed by atoms with E-state index >= 15 is 0 Å². The fourth-order valence-electron chi connectivity index (χ4n) is 7.39. The topological polar surface area (TPSA) is 149 Å². The molecular weight excluding hydrogens is 682 g/mol. The highest BCUT2D eigenvalue weighted by Crippen LogP contribution is 2.23. The summed E-state index contributed by atoms with van der Waals surface area (Å²) in [6.45, 7) is 3.78. The lowest BCUT2D eigenvalue weighted by Crippen LogP contribution is -2.60. The Balaban J connectivity index is 2.33. The second kappa shape index (κ2) is 36.3. The highest BCUT2D eigenvalue weighted by atomic mass is 16.7. The first-order chi connectivity index (χ1) is 26.3. The van der Waals surface area contributed by atoms with Crippen LogP contribution in [0.3, 0.4) is 0 Å². The lowest BCUT2D eigenvalue weighted by molar-refractivity contribution is -0.302. The van der Waals surface area contributed by atoms with Crippen molar-refractivity contribution in [3.63, 3.8) is 0 Å². The Morgan fingerprint density at radius 2 is 1.02 bits per heavy atom. The van der Waals surface area contributed by atoms with Gasteiger partial charge >= 0.3 is 0 Å². The van der Waals surface area contributed by atoms with Crippen LogP contribution in [-0.4, -0.2) is 87.5 Å². The molecule has 1 fully saturated rings. The number of rotatable bonds is 38. The predicted molar refractivity (Wildman–Crippen MR) is 221 cm³/mol. The molecule has 1 heterocycles. The molecule has 1 saturated heterocycles. The van der Waals surface area contributed by atoms with Crippen LogP contribution < -0.4 is 5.32 Å². The number of aliphatic hydroxyl groups excluding tert-OH is 5.